The molecule has 18 heavy (non-hydrogen) atoms. The second kappa shape index (κ2) is 5.25. The standard InChI is InChI=1S/C9H12N4O5/c1-3-5(9(15)16)10-8(14)7-6(13(17)18)4-12(2)11-7/h4-5H,3H2,1-2H3,(H,10,14)(H,15,16). The van der Waals surface area contributed by atoms with Crippen LogP contribution in [0, 0.1) is 10.1 Å². The molecule has 1 atom stereocenters. The minimum absolute atomic E-state index is 0.168. The smallest absolute Gasteiger partial charge is 0.326 e. The summed E-state index contributed by atoms with van der Waals surface area (Å²) in [5.74, 6) is -2.08. The number of aliphatic carboxylic acids is 1. The molecule has 9 nitrogen and oxygen atoms in total. The zero-order valence-electron chi connectivity index (χ0n) is 9.78. The molecule has 0 aliphatic rings. The van der Waals surface area contributed by atoms with Crippen LogP contribution >= 0.6 is 0 Å². The fraction of sp³-hybridized carbons (Fsp3) is 0.444. The first kappa shape index (κ1) is 13.6. The van der Waals surface area contributed by atoms with Gasteiger partial charge in [0.25, 0.3) is 5.91 Å². The van der Waals surface area contributed by atoms with Gasteiger partial charge in [-0.25, -0.2) is 4.79 Å². The normalized spacial score (nSPS) is 11.9. The number of nitrogens with one attached hydrogen (secondary N) is 1. The summed E-state index contributed by atoms with van der Waals surface area (Å²) in [5.41, 5.74) is -0.863. The number of carboxylic acid groups (broad SMARTS) is 1. The molecule has 0 radical (unpaired) electrons. The highest BCUT2D eigenvalue weighted by atomic mass is 16.6. The minimum atomic E-state index is -1.20. The Bertz CT molecular complexity index is 495. The van der Waals surface area contributed by atoms with Gasteiger partial charge in [-0.15, -0.1) is 0 Å². The van der Waals surface area contributed by atoms with E-state index in [2.05, 4.69) is 10.4 Å². The maximum absolute atomic E-state index is 11.7. The molecule has 1 aromatic heterocycles. The lowest BCUT2D eigenvalue weighted by Crippen LogP contribution is -2.40. The quantitative estimate of drug-likeness (QED) is 0.560. The number of amides is 1. The summed E-state index contributed by atoms with van der Waals surface area (Å²) >= 11 is 0. The van der Waals surface area contributed by atoms with E-state index < -0.39 is 34.2 Å². The van der Waals surface area contributed by atoms with Gasteiger partial charge in [-0.3, -0.25) is 19.6 Å². The van der Waals surface area contributed by atoms with Crippen molar-refractivity contribution in [1.29, 1.82) is 0 Å². The first-order valence-electron chi connectivity index (χ1n) is 5.08. The van der Waals surface area contributed by atoms with Gasteiger partial charge in [-0.05, 0) is 6.42 Å². The number of hydrogen-bond acceptors (Lipinski definition) is 5. The molecule has 1 aromatic rings. The average molecular weight is 256 g/mol. The van der Waals surface area contributed by atoms with Gasteiger partial charge in [0.2, 0.25) is 5.69 Å². The van der Waals surface area contributed by atoms with Crippen LogP contribution in [0.15, 0.2) is 6.20 Å². The van der Waals surface area contributed by atoms with Crippen molar-refractivity contribution in [2.45, 2.75) is 19.4 Å². The van der Waals surface area contributed by atoms with E-state index in [1.165, 1.54) is 7.05 Å². The summed E-state index contributed by atoms with van der Waals surface area (Å²) in [6, 6.07) is -1.10. The number of carbonyl (C=O) groups excluding carboxylic acids is 1. The SMILES string of the molecule is CCC(NC(=O)c1nn(C)cc1[N+](=O)[O-])C(=O)O. The molecule has 1 unspecified atom stereocenters. The van der Waals surface area contributed by atoms with Crippen molar-refractivity contribution in [3.8, 4) is 0 Å². The molecule has 9 heteroatoms. The van der Waals surface area contributed by atoms with Crippen molar-refractivity contribution < 1.29 is 19.6 Å². The van der Waals surface area contributed by atoms with Crippen LogP contribution in [-0.4, -0.2) is 37.7 Å². The Morgan fingerprint density at radius 1 is 1.67 bits per heavy atom. The van der Waals surface area contributed by atoms with Gasteiger partial charge >= 0.3 is 11.7 Å². The Hall–Kier alpha value is -2.45. The Labute approximate surface area is 102 Å². The van der Waals surface area contributed by atoms with E-state index in [9.17, 15) is 19.7 Å². The molecule has 0 spiro atoms. The number of rotatable bonds is 5. The third-order valence-electron chi connectivity index (χ3n) is 2.23. The second-order valence-corrected chi connectivity index (χ2v) is 3.57. The maximum atomic E-state index is 11.7. The van der Waals surface area contributed by atoms with E-state index in [1.807, 2.05) is 0 Å². The number of nitrogens with zero attached hydrogens (tertiary/aromatic N) is 3. The summed E-state index contributed by atoms with van der Waals surface area (Å²) in [6.07, 6.45) is 1.25. The molecular formula is C9H12N4O5. The first-order chi connectivity index (χ1) is 8.36. The molecule has 0 aromatic carbocycles. The van der Waals surface area contributed by atoms with Crippen molar-refractivity contribution >= 4 is 17.6 Å². The van der Waals surface area contributed by atoms with Gasteiger partial charge in [0.05, 0.1) is 4.92 Å². The highest BCUT2D eigenvalue weighted by molar-refractivity contribution is 5.98. The van der Waals surface area contributed by atoms with Gasteiger partial charge in [-0.1, -0.05) is 6.92 Å². The molecule has 2 N–H and O–H groups in total. The van der Waals surface area contributed by atoms with Gasteiger partial charge in [0.15, 0.2) is 0 Å². The van der Waals surface area contributed by atoms with Crippen LogP contribution in [0.1, 0.15) is 23.8 Å². The van der Waals surface area contributed by atoms with Crippen LogP contribution < -0.4 is 5.32 Å². The molecule has 1 heterocycles. The van der Waals surface area contributed by atoms with E-state index in [0.29, 0.717) is 0 Å². The molecule has 0 saturated heterocycles. The van der Waals surface area contributed by atoms with Crippen molar-refractivity contribution in [3.63, 3.8) is 0 Å². The predicted molar refractivity (Wildman–Crippen MR) is 59.0 cm³/mol. The summed E-state index contributed by atoms with van der Waals surface area (Å²) in [4.78, 5) is 32.4. The van der Waals surface area contributed by atoms with Crippen LogP contribution in [0.4, 0.5) is 5.69 Å². The molecule has 0 aliphatic heterocycles. The van der Waals surface area contributed by atoms with Gasteiger partial charge in [-0.2, -0.15) is 5.10 Å². The van der Waals surface area contributed by atoms with Crippen LogP contribution in [0.5, 0.6) is 0 Å². The summed E-state index contributed by atoms with van der Waals surface area (Å²) in [5, 5.41) is 25.3. The fourth-order valence-electron chi connectivity index (χ4n) is 1.34. The number of aryl methyl sites for hydroxylation is 1. The topological polar surface area (TPSA) is 127 Å². The van der Waals surface area contributed by atoms with Crippen LogP contribution in [0.25, 0.3) is 0 Å². The van der Waals surface area contributed by atoms with Gasteiger partial charge in [0.1, 0.15) is 12.2 Å². The molecule has 0 aliphatic carbocycles. The Kier molecular flexibility index (Phi) is 3.97. The van der Waals surface area contributed by atoms with Crippen molar-refractivity contribution in [1.82, 2.24) is 15.1 Å². The monoisotopic (exact) mass is 256 g/mol. The number of aromatic nitrogens is 2. The average Bonchev–Trinajstić information content (AvgIpc) is 2.67. The van der Waals surface area contributed by atoms with Crippen LogP contribution in [0.2, 0.25) is 0 Å². The third kappa shape index (κ3) is 2.81. The highest BCUT2D eigenvalue weighted by Gasteiger charge is 2.27. The molecule has 98 valence electrons. The first-order valence-corrected chi connectivity index (χ1v) is 5.08. The van der Waals surface area contributed by atoms with Crippen molar-refractivity contribution in [3.05, 3.63) is 22.0 Å². The van der Waals surface area contributed by atoms with Crippen LogP contribution in [0.3, 0.4) is 0 Å². The van der Waals surface area contributed by atoms with E-state index in [4.69, 9.17) is 5.11 Å². The lowest BCUT2D eigenvalue weighted by Gasteiger charge is -2.10. The van der Waals surface area contributed by atoms with Gasteiger partial charge in [0, 0.05) is 7.05 Å². The molecule has 0 saturated carbocycles. The lowest BCUT2D eigenvalue weighted by molar-refractivity contribution is -0.385. The minimum Gasteiger partial charge on any atom is -0.480 e. The Morgan fingerprint density at radius 2 is 2.28 bits per heavy atom. The van der Waals surface area contributed by atoms with E-state index in [1.54, 1.807) is 6.92 Å². The Balaban J connectivity index is 2.97. The number of hydrogen-bond donors (Lipinski definition) is 2. The molecule has 1 rings (SSSR count). The lowest BCUT2D eigenvalue weighted by atomic mass is 10.2. The van der Waals surface area contributed by atoms with E-state index in [0.717, 1.165) is 10.9 Å². The van der Waals surface area contributed by atoms with Crippen molar-refractivity contribution in [2.75, 3.05) is 0 Å². The predicted octanol–water partition coefficient (Wildman–Crippen LogP) is -0.0787. The van der Waals surface area contributed by atoms with Crippen molar-refractivity contribution in [2.24, 2.45) is 7.05 Å². The summed E-state index contributed by atoms with van der Waals surface area (Å²) in [7, 11) is 1.43. The molecule has 1 amide bonds. The van der Waals surface area contributed by atoms with Gasteiger partial charge < -0.3 is 10.4 Å². The summed E-state index contributed by atoms with van der Waals surface area (Å²) < 4.78 is 1.12. The Morgan fingerprint density at radius 3 is 2.72 bits per heavy atom. The summed E-state index contributed by atoms with van der Waals surface area (Å²) in [6.45, 7) is 1.58. The second-order valence-electron chi connectivity index (χ2n) is 3.57. The zero-order valence-corrected chi connectivity index (χ0v) is 9.78. The molecular weight excluding hydrogens is 244 g/mol. The number of nitro groups is 1. The third-order valence-corrected chi connectivity index (χ3v) is 2.23. The largest absolute Gasteiger partial charge is 0.480 e. The number of carbonyl (C=O) groups is 2. The van der Waals surface area contributed by atoms with E-state index in [-0.39, 0.29) is 6.42 Å². The highest BCUT2D eigenvalue weighted by Crippen LogP contribution is 2.15. The van der Waals surface area contributed by atoms with E-state index >= 15 is 0 Å². The maximum Gasteiger partial charge on any atom is 0.326 e. The van der Waals surface area contributed by atoms with Crippen LogP contribution in [-0.2, 0) is 11.8 Å². The molecule has 0 fully saturated rings. The molecule has 0 bridgehead atoms. The number of carboxylic acids is 1. The zero-order chi connectivity index (χ0) is 13.9. The fourth-order valence-corrected chi connectivity index (χ4v) is 1.34.